The molecule has 0 aliphatic carbocycles. The summed E-state index contributed by atoms with van der Waals surface area (Å²) in [5.74, 6) is 0. The predicted octanol–water partition coefficient (Wildman–Crippen LogP) is 3.65. The highest BCUT2D eigenvalue weighted by molar-refractivity contribution is 7.18. The number of anilines is 4. The van der Waals surface area contributed by atoms with Crippen LogP contribution in [0.15, 0.2) is 52.3 Å². The summed E-state index contributed by atoms with van der Waals surface area (Å²) in [6.45, 7) is 1.86. The first-order valence-corrected chi connectivity index (χ1v) is 9.10. The minimum Gasteiger partial charge on any atom is -0.350 e. The molecule has 2 aromatic carbocycles. The van der Waals surface area contributed by atoms with Crippen LogP contribution in [0.25, 0.3) is 10.6 Å². The number of rotatable bonds is 5. The van der Waals surface area contributed by atoms with Crippen LogP contribution in [-0.4, -0.2) is 15.2 Å². The third-order valence-corrected chi connectivity index (χ3v) is 5.23. The number of nitrogens with one attached hydrogen (secondary N) is 2. The topological polar surface area (TPSA) is 96.9 Å². The highest BCUT2D eigenvalue weighted by Gasteiger charge is 2.22. The number of nitrogens with zero attached hydrogens (tertiary/aromatic N) is 3. The Balaban J connectivity index is 1.58. The highest BCUT2D eigenvalue weighted by atomic mass is 35.5. The summed E-state index contributed by atoms with van der Waals surface area (Å²) in [6.07, 6.45) is 3.33. The van der Waals surface area contributed by atoms with Gasteiger partial charge in [-0.1, -0.05) is 22.9 Å². The maximum atomic E-state index is 12.0. The fraction of sp³-hybridized carbons (Fsp3) is 0.0556. The van der Waals surface area contributed by atoms with Crippen molar-refractivity contribution < 1.29 is 0 Å². The van der Waals surface area contributed by atoms with Gasteiger partial charge in [-0.2, -0.15) is 0 Å². The summed E-state index contributed by atoms with van der Waals surface area (Å²) >= 11 is 7.29. The number of pyridine rings is 1. The van der Waals surface area contributed by atoms with Gasteiger partial charge in [-0.15, -0.1) is 10.2 Å². The van der Waals surface area contributed by atoms with Gasteiger partial charge in [0.05, 0.1) is 0 Å². The molecule has 0 fully saturated rings. The summed E-state index contributed by atoms with van der Waals surface area (Å²) in [5, 5.41) is 15.7. The van der Waals surface area contributed by atoms with Crippen LogP contribution in [0.1, 0.15) is 5.56 Å². The number of hydrogen-bond donors (Lipinski definition) is 2. The maximum Gasteiger partial charge on any atom is 0.253 e. The van der Waals surface area contributed by atoms with Crippen molar-refractivity contribution in [2.24, 2.45) is 0 Å². The molecule has 2 N–H and O–H groups in total. The molecular formula is C18H12ClN5O2S. The molecule has 0 aliphatic rings. The van der Waals surface area contributed by atoms with E-state index in [0.29, 0.717) is 20.8 Å². The van der Waals surface area contributed by atoms with Crippen molar-refractivity contribution in [3.8, 4) is 10.6 Å². The summed E-state index contributed by atoms with van der Waals surface area (Å²) in [6, 6.07) is 8.90. The Morgan fingerprint density at radius 2 is 1.67 bits per heavy atom. The standard InChI is InChI=1S/C18H12ClN5O2S/c1-9-8-11(2-3-12(9)19)21-13-14(16(26)15(13)25)22-18-24-23-17(27-18)10-4-6-20-7-5-10/h2-8,21H,1H3,(H,22,24). The molecule has 7 nitrogen and oxygen atoms in total. The Bertz CT molecular complexity index is 1200. The van der Waals surface area contributed by atoms with Crippen molar-refractivity contribution in [2.75, 3.05) is 10.6 Å². The van der Waals surface area contributed by atoms with E-state index >= 15 is 0 Å². The van der Waals surface area contributed by atoms with Crippen LogP contribution in [0.4, 0.5) is 22.2 Å². The molecule has 0 amide bonds. The number of benzene rings is 1. The van der Waals surface area contributed by atoms with Gasteiger partial charge < -0.3 is 10.6 Å². The van der Waals surface area contributed by atoms with Crippen LogP contribution < -0.4 is 21.5 Å². The van der Waals surface area contributed by atoms with Crippen LogP contribution in [-0.2, 0) is 0 Å². The van der Waals surface area contributed by atoms with Crippen molar-refractivity contribution in [1.29, 1.82) is 0 Å². The molecule has 4 aromatic rings. The lowest BCUT2D eigenvalue weighted by molar-refractivity contribution is 1.09. The summed E-state index contributed by atoms with van der Waals surface area (Å²) < 4.78 is 0. The lowest BCUT2D eigenvalue weighted by Gasteiger charge is -2.14. The minimum atomic E-state index is -0.594. The van der Waals surface area contributed by atoms with E-state index < -0.39 is 10.9 Å². The largest absolute Gasteiger partial charge is 0.350 e. The number of hydrogen-bond acceptors (Lipinski definition) is 8. The zero-order valence-electron chi connectivity index (χ0n) is 14.0. The zero-order valence-corrected chi connectivity index (χ0v) is 15.6. The first-order valence-electron chi connectivity index (χ1n) is 7.90. The van der Waals surface area contributed by atoms with Gasteiger partial charge in [-0.05, 0) is 42.8 Å². The van der Waals surface area contributed by atoms with Gasteiger partial charge in [0.1, 0.15) is 16.4 Å². The van der Waals surface area contributed by atoms with Crippen LogP contribution in [0.5, 0.6) is 0 Å². The molecular weight excluding hydrogens is 386 g/mol. The summed E-state index contributed by atoms with van der Waals surface area (Å²) in [7, 11) is 0. The molecule has 0 saturated heterocycles. The van der Waals surface area contributed by atoms with Gasteiger partial charge >= 0.3 is 0 Å². The van der Waals surface area contributed by atoms with Crippen molar-refractivity contribution >= 4 is 45.1 Å². The zero-order chi connectivity index (χ0) is 19.0. The van der Waals surface area contributed by atoms with Crippen LogP contribution in [0, 0.1) is 6.92 Å². The van der Waals surface area contributed by atoms with Crippen LogP contribution >= 0.6 is 22.9 Å². The normalized spacial score (nSPS) is 10.9. The summed E-state index contributed by atoms with van der Waals surface area (Å²) in [4.78, 5) is 27.9. The molecule has 0 saturated carbocycles. The molecule has 27 heavy (non-hydrogen) atoms. The first kappa shape index (κ1) is 17.3. The maximum absolute atomic E-state index is 12.0. The molecule has 0 unspecified atom stereocenters. The van der Waals surface area contributed by atoms with E-state index in [-0.39, 0.29) is 11.4 Å². The molecule has 2 heterocycles. The van der Waals surface area contributed by atoms with Gasteiger partial charge in [-0.25, -0.2) is 0 Å². The van der Waals surface area contributed by atoms with E-state index in [1.807, 2.05) is 19.1 Å². The Morgan fingerprint density at radius 1 is 0.963 bits per heavy atom. The van der Waals surface area contributed by atoms with E-state index in [0.717, 1.165) is 11.1 Å². The lowest BCUT2D eigenvalue weighted by Crippen LogP contribution is -2.35. The molecule has 0 bridgehead atoms. The molecule has 0 spiro atoms. The van der Waals surface area contributed by atoms with E-state index in [9.17, 15) is 9.59 Å². The van der Waals surface area contributed by atoms with Crippen molar-refractivity contribution in [1.82, 2.24) is 15.2 Å². The van der Waals surface area contributed by atoms with Crippen LogP contribution in [0.3, 0.4) is 0 Å². The second kappa shape index (κ2) is 6.90. The third-order valence-electron chi connectivity index (χ3n) is 3.92. The molecule has 0 aliphatic heterocycles. The SMILES string of the molecule is Cc1cc(Nc2c(Nc3nnc(-c4ccncc4)s3)c(=O)c2=O)ccc1Cl. The number of aryl methyl sites for hydroxylation is 1. The van der Waals surface area contributed by atoms with E-state index in [4.69, 9.17) is 11.6 Å². The average Bonchev–Trinajstić information content (AvgIpc) is 3.16. The Kier molecular flexibility index (Phi) is 4.43. The second-order valence-corrected chi connectivity index (χ2v) is 7.16. The molecule has 0 radical (unpaired) electrons. The molecule has 4 rings (SSSR count). The Labute approximate surface area is 162 Å². The van der Waals surface area contributed by atoms with Crippen molar-refractivity contribution in [2.45, 2.75) is 6.92 Å². The van der Waals surface area contributed by atoms with Gasteiger partial charge in [0.15, 0.2) is 0 Å². The number of halogens is 1. The fourth-order valence-corrected chi connectivity index (χ4v) is 3.36. The number of aromatic nitrogens is 3. The molecule has 2 aromatic heterocycles. The minimum absolute atomic E-state index is 0.171. The molecule has 134 valence electrons. The van der Waals surface area contributed by atoms with E-state index in [1.54, 1.807) is 30.6 Å². The highest BCUT2D eigenvalue weighted by Crippen LogP contribution is 2.30. The molecule has 0 atom stereocenters. The van der Waals surface area contributed by atoms with Crippen LogP contribution in [0.2, 0.25) is 5.02 Å². The molecule has 9 heteroatoms. The van der Waals surface area contributed by atoms with Gasteiger partial charge in [0.2, 0.25) is 5.13 Å². The van der Waals surface area contributed by atoms with Gasteiger partial charge in [-0.3, -0.25) is 14.6 Å². The monoisotopic (exact) mass is 397 g/mol. The Morgan fingerprint density at radius 3 is 2.37 bits per heavy atom. The van der Waals surface area contributed by atoms with Gasteiger partial charge in [0.25, 0.3) is 10.9 Å². The predicted molar refractivity (Wildman–Crippen MR) is 107 cm³/mol. The van der Waals surface area contributed by atoms with E-state index in [1.165, 1.54) is 11.3 Å². The first-order chi connectivity index (χ1) is 13.0. The third kappa shape index (κ3) is 3.32. The summed E-state index contributed by atoms with van der Waals surface area (Å²) in [5.41, 5.74) is 1.60. The smallest absolute Gasteiger partial charge is 0.253 e. The fourth-order valence-electron chi connectivity index (χ4n) is 2.49. The van der Waals surface area contributed by atoms with Gasteiger partial charge in [0, 0.05) is 28.7 Å². The lowest BCUT2D eigenvalue weighted by atomic mass is 10.1. The van der Waals surface area contributed by atoms with Crippen molar-refractivity contribution in [3.63, 3.8) is 0 Å². The Hall–Kier alpha value is -3.10. The second-order valence-electron chi connectivity index (χ2n) is 5.77. The van der Waals surface area contributed by atoms with E-state index in [2.05, 4.69) is 25.8 Å². The average molecular weight is 398 g/mol. The quantitative estimate of drug-likeness (QED) is 0.496. The van der Waals surface area contributed by atoms with Crippen molar-refractivity contribution in [3.05, 3.63) is 73.8 Å².